The summed E-state index contributed by atoms with van der Waals surface area (Å²) in [6.07, 6.45) is 3.35. The molecule has 2 heterocycles. The van der Waals surface area contributed by atoms with Crippen molar-refractivity contribution in [2.75, 3.05) is 11.4 Å². The van der Waals surface area contributed by atoms with Gasteiger partial charge in [-0.1, -0.05) is 25.1 Å². The Hall–Kier alpha value is -3.02. The van der Waals surface area contributed by atoms with E-state index in [1.165, 1.54) is 11.6 Å². The molecule has 2 aromatic carbocycles. The molecule has 1 amide bonds. The van der Waals surface area contributed by atoms with Crippen LogP contribution in [0.15, 0.2) is 42.5 Å². The molecule has 1 aliphatic carbocycles. The van der Waals surface area contributed by atoms with Gasteiger partial charge in [-0.2, -0.15) is 5.10 Å². The van der Waals surface area contributed by atoms with Crippen LogP contribution in [0.3, 0.4) is 0 Å². The van der Waals surface area contributed by atoms with Gasteiger partial charge in [-0.15, -0.1) is 0 Å². The number of hydrogen-bond acceptors (Lipinski definition) is 2. The lowest BCUT2D eigenvalue weighted by Gasteiger charge is -2.32. The number of carbonyl (C=O) groups excluding carboxylic acids is 1. The topological polar surface area (TPSA) is 38.1 Å². The fourth-order valence-electron chi connectivity index (χ4n) is 4.53. The third-order valence-corrected chi connectivity index (χ3v) is 6.07. The lowest BCUT2D eigenvalue weighted by molar-refractivity contribution is 0.0978. The normalized spacial score (nSPS) is 17.9. The van der Waals surface area contributed by atoms with Crippen molar-refractivity contribution in [3.63, 3.8) is 0 Å². The summed E-state index contributed by atoms with van der Waals surface area (Å²) in [5, 5.41) is 4.58. The van der Waals surface area contributed by atoms with Crippen LogP contribution in [-0.2, 0) is 12.8 Å². The summed E-state index contributed by atoms with van der Waals surface area (Å²) in [5.41, 5.74) is 4.81. The van der Waals surface area contributed by atoms with E-state index in [9.17, 15) is 13.6 Å². The smallest absolute Gasteiger partial charge is 0.279 e. The fraction of sp³-hybridized carbons (Fsp3) is 0.304. The molecule has 0 fully saturated rings. The molecule has 3 aromatic rings. The minimum atomic E-state index is -0.920. The van der Waals surface area contributed by atoms with Gasteiger partial charge in [-0.05, 0) is 55.4 Å². The predicted octanol–water partition coefficient (Wildman–Crippen LogP) is 4.79. The maximum Gasteiger partial charge on any atom is 0.279 e. The molecule has 1 aromatic heterocycles. The molecule has 0 spiro atoms. The van der Waals surface area contributed by atoms with Gasteiger partial charge in [0.2, 0.25) is 0 Å². The highest BCUT2D eigenvalue weighted by Crippen LogP contribution is 2.37. The van der Waals surface area contributed by atoms with Gasteiger partial charge in [0.25, 0.3) is 5.91 Å². The molecule has 0 saturated carbocycles. The van der Waals surface area contributed by atoms with E-state index in [0.717, 1.165) is 54.8 Å². The second-order valence-corrected chi connectivity index (χ2v) is 7.84. The van der Waals surface area contributed by atoms with Crippen molar-refractivity contribution in [1.82, 2.24) is 9.78 Å². The van der Waals surface area contributed by atoms with Crippen LogP contribution >= 0.6 is 0 Å². The number of aromatic nitrogens is 2. The second kappa shape index (κ2) is 6.79. The van der Waals surface area contributed by atoms with Crippen molar-refractivity contribution in [2.45, 2.75) is 38.5 Å². The van der Waals surface area contributed by atoms with Gasteiger partial charge < -0.3 is 4.90 Å². The molecule has 1 atom stereocenters. The van der Waals surface area contributed by atoms with E-state index >= 15 is 0 Å². The molecule has 0 saturated heterocycles. The van der Waals surface area contributed by atoms with Crippen LogP contribution in [0.5, 0.6) is 0 Å². The van der Waals surface area contributed by atoms with Crippen LogP contribution in [0.1, 0.15) is 53.0 Å². The third kappa shape index (κ3) is 2.85. The van der Waals surface area contributed by atoms with Crippen molar-refractivity contribution in [3.05, 3.63) is 76.6 Å². The van der Waals surface area contributed by atoms with Crippen LogP contribution in [0.4, 0.5) is 14.5 Å². The number of benzene rings is 2. The Bertz CT molecular complexity index is 1120. The highest BCUT2D eigenvalue weighted by Gasteiger charge is 2.33. The molecule has 148 valence electrons. The molecular weight excluding hydrogens is 372 g/mol. The molecule has 2 aliphatic rings. The maximum atomic E-state index is 13.8. The molecular formula is C23H21F2N3O. The van der Waals surface area contributed by atoms with Gasteiger partial charge >= 0.3 is 0 Å². The van der Waals surface area contributed by atoms with E-state index < -0.39 is 11.6 Å². The number of carbonyl (C=O) groups is 1. The van der Waals surface area contributed by atoms with Crippen molar-refractivity contribution >= 4 is 11.6 Å². The van der Waals surface area contributed by atoms with Gasteiger partial charge in [0.15, 0.2) is 17.3 Å². The summed E-state index contributed by atoms with van der Waals surface area (Å²) in [5.74, 6) is -1.53. The fourth-order valence-corrected chi connectivity index (χ4v) is 4.53. The number of fused-ring (bicyclic) bond motifs is 2. The van der Waals surface area contributed by atoms with Crippen LogP contribution in [0.25, 0.3) is 5.69 Å². The first-order chi connectivity index (χ1) is 14.0. The molecule has 5 rings (SSSR count). The first-order valence-corrected chi connectivity index (χ1v) is 10.0. The number of amides is 1. The SMILES string of the molecule is CC1CCN(C(=O)c2nn(-c3ccc(F)c(F)c3)c3c2CCC3)c2ccccc21. The van der Waals surface area contributed by atoms with E-state index in [0.29, 0.717) is 23.8 Å². The third-order valence-electron chi connectivity index (χ3n) is 6.07. The Morgan fingerprint density at radius 2 is 1.93 bits per heavy atom. The standard InChI is InChI=1S/C23H21F2N3O/c1-14-11-12-27(20-7-3-2-5-16(14)20)23(29)22-17-6-4-8-21(17)28(26-22)15-9-10-18(24)19(25)13-15/h2-3,5,7,9-10,13-14H,4,6,8,11-12H2,1H3. The van der Waals surface area contributed by atoms with Crippen molar-refractivity contribution in [1.29, 1.82) is 0 Å². The minimum Gasteiger partial charge on any atom is -0.307 e. The van der Waals surface area contributed by atoms with E-state index in [1.807, 2.05) is 23.1 Å². The van der Waals surface area contributed by atoms with Crippen LogP contribution in [0.2, 0.25) is 0 Å². The summed E-state index contributed by atoms with van der Waals surface area (Å²) in [7, 11) is 0. The molecule has 0 radical (unpaired) electrons. The van der Waals surface area contributed by atoms with Gasteiger partial charge in [-0.3, -0.25) is 4.79 Å². The lowest BCUT2D eigenvalue weighted by Crippen LogP contribution is -2.37. The van der Waals surface area contributed by atoms with Gasteiger partial charge in [0.1, 0.15) is 0 Å². The zero-order chi connectivity index (χ0) is 20.1. The Morgan fingerprint density at radius 1 is 1.10 bits per heavy atom. The predicted molar refractivity (Wildman–Crippen MR) is 107 cm³/mol. The van der Waals surface area contributed by atoms with Gasteiger partial charge in [-0.25, -0.2) is 13.5 Å². The molecule has 1 unspecified atom stereocenters. The molecule has 0 N–H and O–H groups in total. The number of para-hydroxylation sites is 1. The number of hydrogen-bond donors (Lipinski definition) is 0. The molecule has 6 heteroatoms. The summed E-state index contributed by atoms with van der Waals surface area (Å²) >= 11 is 0. The minimum absolute atomic E-state index is 0.121. The van der Waals surface area contributed by atoms with Gasteiger partial charge in [0, 0.05) is 29.6 Å². The summed E-state index contributed by atoms with van der Waals surface area (Å²) in [6.45, 7) is 2.82. The zero-order valence-corrected chi connectivity index (χ0v) is 16.2. The average Bonchev–Trinajstić information content (AvgIpc) is 3.33. The monoisotopic (exact) mass is 393 g/mol. The van der Waals surface area contributed by atoms with Crippen LogP contribution in [-0.4, -0.2) is 22.2 Å². The quantitative estimate of drug-likeness (QED) is 0.628. The average molecular weight is 393 g/mol. The van der Waals surface area contributed by atoms with Crippen molar-refractivity contribution < 1.29 is 13.6 Å². The Kier molecular flexibility index (Phi) is 4.23. The van der Waals surface area contributed by atoms with Crippen LogP contribution in [0, 0.1) is 11.6 Å². The number of anilines is 1. The zero-order valence-electron chi connectivity index (χ0n) is 16.2. The first-order valence-electron chi connectivity index (χ1n) is 10.0. The summed E-state index contributed by atoms with van der Waals surface area (Å²) < 4.78 is 28.8. The van der Waals surface area contributed by atoms with E-state index in [-0.39, 0.29) is 5.91 Å². The first kappa shape index (κ1) is 18.0. The second-order valence-electron chi connectivity index (χ2n) is 7.84. The highest BCUT2D eigenvalue weighted by atomic mass is 19.2. The molecule has 1 aliphatic heterocycles. The maximum absolute atomic E-state index is 13.8. The largest absolute Gasteiger partial charge is 0.307 e. The Balaban J connectivity index is 1.58. The number of nitrogens with zero attached hydrogens (tertiary/aromatic N) is 3. The number of halogens is 2. The lowest BCUT2D eigenvalue weighted by atomic mass is 9.91. The van der Waals surface area contributed by atoms with Crippen molar-refractivity contribution in [2.24, 2.45) is 0 Å². The van der Waals surface area contributed by atoms with E-state index in [4.69, 9.17) is 0 Å². The van der Waals surface area contributed by atoms with E-state index in [1.54, 1.807) is 4.68 Å². The van der Waals surface area contributed by atoms with Crippen LogP contribution < -0.4 is 4.90 Å². The number of rotatable bonds is 2. The Morgan fingerprint density at radius 3 is 2.76 bits per heavy atom. The van der Waals surface area contributed by atoms with Crippen molar-refractivity contribution in [3.8, 4) is 5.69 Å². The highest BCUT2D eigenvalue weighted by molar-refractivity contribution is 6.06. The van der Waals surface area contributed by atoms with Gasteiger partial charge in [0.05, 0.1) is 5.69 Å². The summed E-state index contributed by atoms with van der Waals surface area (Å²) in [4.78, 5) is 15.3. The molecule has 29 heavy (non-hydrogen) atoms. The summed E-state index contributed by atoms with van der Waals surface area (Å²) in [6, 6.07) is 11.7. The Labute approximate surface area is 167 Å². The molecule has 4 nitrogen and oxygen atoms in total. The van der Waals surface area contributed by atoms with E-state index in [2.05, 4.69) is 18.1 Å². The molecule has 0 bridgehead atoms.